The molecule has 2 N–H and O–H groups in total. The molecule has 5 nitrogen and oxygen atoms in total. The minimum atomic E-state index is -0.285. The van der Waals surface area contributed by atoms with Crippen LogP contribution in [0.15, 0.2) is 48.2 Å². The fraction of sp³-hybridized carbons (Fsp3) is 0.0556. The lowest BCUT2D eigenvalue weighted by Crippen LogP contribution is -2.21. The Labute approximate surface area is 143 Å². The monoisotopic (exact) mass is 336 g/mol. The van der Waals surface area contributed by atoms with Crippen LogP contribution in [0.25, 0.3) is 17.2 Å². The van der Waals surface area contributed by atoms with Crippen LogP contribution in [0, 0.1) is 0 Å². The standard InChI is InChI=1S/C18H12N2O3S/c21-16-15(19-18(24)20-16)8-10-3-1-2-4-13(10)11-5-6-14-12(7-11)9-23-17(14)22/h1-8H,9H2,(H2,19,20,21,24)/b15-8+. The van der Waals surface area contributed by atoms with Gasteiger partial charge >= 0.3 is 5.97 Å². The summed E-state index contributed by atoms with van der Waals surface area (Å²) in [4.78, 5) is 23.4. The molecule has 1 saturated heterocycles. The van der Waals surface area contributed by atoms with Gasteiger partial charge in [0.05, 0.1) is 5.56 Å². The smallest absolute Gasteiger partial charge is 0.338 e. The Bertz CT molecular complexity index is 934. The summed E-state index contributed by atoms with van der Waals surface area (Å²) in [5.41, 5.74) is 4.69. The van der Waals surface area contributed by atoms with E-state index in [2.05, 4.69) is 10.6 Å². The van der Waals surface area contributed by atoms with E-state index in [1.165, 1.54) is 0 Å². The second-order valence-corrected chi connectivity index (χ2v) is 5.91. The predicted octanol–water partition coefficient (Wildman–Crippen LogP) is 2.37. The Morgan fingerprint density at radius 2 is 1.88 bits per heavy atom. The van der Waals surface area contributed by atoms with E-state index in [0.29, 0.717) is 23.0 Å². The lowest BCUT2D eigenvalue weighted by atomic mass is 9.96. The van der Waals surface area contributed by atoms with Gasteiger partial charge in [-0.25, -0.2) is 4.79 Å². The molecule has 24 heavy (non-hydrogen) atoms. The molecule has 1 amide bonds. The van der Waals surface area contributed by atoms with E-state index in [9.17, 15) is 9.59 Å². The van der Waals surface area contributed by atoms with Gasteiger partial charge in [0.25, 0.3) is 5.91 Å². The van der Waals surface area contributed by atoms with Crippen LogP contribution in [0.1, 0.15) is 21.5 Å². The van der Waals surface area contributed by atoms with Gasteiger partial charge in [0.1, 0.15) is 12.3 Å². The van der Waals surface area contributed by atoms with E-state index in [1.54, 1.807) is 12.1 Å². The zero-order chi connectivity index (χ0) is 16.7. The van der Waals surface area contributed by atoms with Crippen LogP contribution in [0.4, 0.5) is 0 Å². The van der Waals surface area contributed by atoms with Gasteiger partial charge in [-0.05, 0) is 47.1 Å². The van der Waals surface area contributed by atoms with Crippen molar-refractivity contribution in [1.29, 1.82) is 0 Å². The Morgan fingerprint density at radius 3 is 2.67 bits per heavy atom. The Morgan fingerprint density at radius 1 is 1.04 bits per heavy atom. The van der Waals surface area contributed by atoms with Crippen LogP contribution in [-0.4, -0.2) is 17.0 Å². The Kier molecular flexibility index (Phi) is 3.39. The fourth-order valence-corrected chi connectivity index (χ4v) is 3.03. The average Bonchev–Trinajstić information content (AvgIpc) is 3.10. The molecule has 1 fully saturated rings. The first kappa shape index (κ1) is 14.6. The van der Waals surface area contributed by atoms with Gasteiger partial charge in [0, 0.05) is 5.56 Å². The summed E-state index contributed by atoms with van der Waals surface area (Å²) in [6, 6.07) is 13.3. The third-order valence-electron chi connectivity index (χ3n) is 3.98. The van der Waals surface area contributed by atoms with E-state index < -0.39 is 0 Å². The minimum Gasteiger partial charge on any atom is -0.457 e. The molecule has 0 unspecified atom stereocenters. The van der Waals surface area contributed by atoms with Crippen LogP contribution in [0.5, 0.6) is 0 Å². The Hall–Kier alpha value is -2.99. The van der Waals surface area contributed by atoms with Crippen molar-refractivity contribution in [3.63, 3.8) is 0 Å². The van der Waals surface area contributed by atoms with E-state index in [4.69, 9.17) is 17.0 Å². The van der Waals surface area contributed by atoms with Gasteiger partial charge in [-0.15, -0.1) is 0 Å². The number of benzene rings is 2. The first-order valence-corrected chi connectivity index (χ1v) is 7.76. The third-order valence-corrected chi connectivity index (χ3v) is 4.18. The van der Waals surface area contributed by atoms with Crippen molar-refractivity contribution in [2.45, 2.75) is 6.61 Å². The number of carbonyl (C=O) groups is 2. The van der Waals surface area contributed by atoms with Gasteiger partial charge in [-0.2, -0.15) is 0 Å². The van der Waals surface area contributed by atoms with Gasteiger partial charge in [0.2, 0.25) is 0 Å². The average molecular weight is 336 g/mol. The summed E-state index contributed by atoms with van der Waals surface area (Å²) in [5, 5.41) is 5.69. The summed E-state index contributed by atoms with van der Waals surface area (Å²) < 4.78 is 5.05. The summed E-state index contributed by atoms with van der Waals surface area (Å²) in [5.74, 6) is -0.532. The van der Waals surface area contributed by atoms with Gasteiger partial charge in [-0.3, -0.25) is 10.1 Å². The van der Waals surface area contributed by atoms with Crippen LogP contribution < -0.4 is 10.6 Å². The largest absolute Gasteiger partial charge is 0.457 e. The molecule has 118 valence electrons. The van der Waals surface area contributed by atoms with Gasteiger partial charge in [0.15, 0.2) is 5.11 Å². The summed E-state index contributed by atoms with van der Waals surface area (Å²) >= 11 is 4.95. The summed E-state index contributed by atoms with van der Waals surface area (Å²) in [7, 11) is 0. The topological polar surface area (TPSA) is 67.4 Å². The maximum atomic E-state index is 11.8. The molecule has 0 aromatic heterocycles. The molecule has 0 atom stereocenters. The number of ether oxygens (including phenoxy) is 1. The summed E-state index contributed by atoms with van der Waals surface area (Å²) in [6.45, 7) is 0.295. The normalized spacial score (nSPS) is 17.5. The number of rotatable bonds is 2. The summed E-state index contributed by atoms with van der Waals surface area (Å²) in [6.07, 6.45) is 1.76. The molecule has 2 aromatic rings. The maximum Gasteiger partial charge on any atom is 0.338 e. The van der Waals surface area contributed by atoms with Crippen molar-refractivity contribution in [3.8, 4) is 11.1 Å². The van der Waals surface area contributed by atoms with Crippen molar-refractivity contribution < 1.29 is 14.3 Å². The highest BCUT2D eigenvalue weighted by Crippen LogP contribution is 2.30. The molecule has 2 aromatic carbocycles. The second kappa shape index (κ2) is 5.58. The van der Waals surface area contributed by atoms with Crippen molar-refractivity contribution in [1.82, 2.24) is 10.6 Å². The quantitative estimate of drug-likeness (QED) is 0.501. The molecule has 0 bridgehead atoms. The minimum absolute atomic E-state index is 0.247. The van der Waals surface area contributed by atoms with Crippen LogP contribution in [-0.2, 0) is 16.1 Å². The number of carbonyl (C=O) groups excluding carboxylic acids is 2. The van der Waals surface area contributed by atoms with Crippen molar-refractivity contribution in [2.75, 3.05) is 0 Å². The first-order chi connectivity index (χ1) is 11.6. The van der Waals surface area contributed by atoms with E-state index in [0.717, 1.165) is 22.3 Å². The number of nitrogens with one attached hydrogen (secondary N) is 2. The highest BCUT2D eigenvalue weighted by Gasteiger charge is 2.22. The SMILES string of the molecule is O=C1NC(=S)N/C1=C/c1ccccc1-c1ccc2c(c1)COC2=O. The second-order valence-electron chi connectivity index (χ2n) is 5.50. The number of cyclic esters (lactones) is 1. The molecule has 2 heterocycles. The zero-order valence-corrected chi connectivity index (χ0v) is 13.3. The van der Waals surface area contributed by atoms with E-state index in [1.807, 2.05) is 36.4 Å². The number of hydrogen-bond donors (Lipinski definition) is 2. The number of amides is 1. The molecular weight excluding hydrogens is 324 g/mol. The van der Waals surface area contributed by atoms with Crippen LogP contribution >= 0.6 is 12.2 Å². The number of esters is 1. The van der Waals surface area contributed by atoms with Crippen molar-refractivity contribution >= 4 is 35.3 Å². The molecule has 2 aliphatic rings. The van der Waals surface area contributed by atoms with E-state index >= 15 is 0 Å². The maximum absolute atomic E-state index is 11.8. The lowest BCUT2D eigenvalue weighted by Gasteiger charge is -2.08. The first-order valence-electron chi connectivity index (χ1n) is 7.35. The van der Waals surface area contributed by atoms with Crippen LogP contribution in [0.3, 0.4) is 0 Å². The fourth-order valence-electron chi connectivity index (χ4n) is 2.82. The predicted molar refractivity (Wildman–Crippen MR) is 92.9 cm³/mol. The molecule has 2 aliphatic heterocycles. The van der Waals surface area contributed by atoms with Gasteiger partial charge < -0.3 is 10.1 Å². The number of thiocarbonyl (C=S) groups is 1. The molecule has 4 rings (SSSR count). The highest BCUT2D eigenvalue weighted by molar-refractivity contribution is 7.80. The number of fused-ring (bicyclic) bond motifs is 1. The molecule has 0 saturated carbocycles. The number of hydrogen-bond acceptors (Lipinski definition) is 4. The third kappa shape index (κ3) is 2.47. The zero-order valence-electron chi connectivity index (χ0n) is 12.5. The molecule has 0 aliphatic carbocycles. The molecule has 0 radical (unpaired) electrons. The van der Waals surface area contributed by atoms with Crippen molar-refractivity contribution in [3.05, 3.63) is 64.9 Å². The Balaban J connectivity index is 1.78. The molecular formula is C18H12N2O3S. The molecule has 0 spiro atoms. The molecule has 6 heteroatoms. The van der Waals surface area contributed by atoms with Crippen LogP contribution in [0.2, 0.25) is 0 Å². The highest BCUT2D eigenvalue weighted by atomic mass is 32.1. The van der Waals surface area contributed by atoms with E-state index in [-0.39, 0.29) is 11.9 Å². The lowest BCUT2D eigenvalue weighted by molar-refractivity contribution is -0.115. The van der Waals surface area contributed by atoms with Crippen molar-refractivity contribution in [2.24, 2.45) is 0 Å². The van der Waals surface area contributed by atoms with Gasteiger partial charge in [-0.1, -0.05) is 30.3 Å².